The van der Waals surface area contributed by atoms with E-state index in [1.165, 1.54) is 38.7 Å². The van der Waals surface area contributed by atoms with Crippen LogP contribution in [0.1, 0.15) is 49.4 Å². The SMILES string of the molecule is Cc1cn(-c2ccc3n(c2=O)CC(C)N(Cc2cn(C(=O)OC(C)(C)C)c4ccc(OC(F)(F)F)cc24)C3=O)cn1. The largest absolute Gasteiger partial charge is 0.573 e. The topological polar surface area (TPSA) is 101 Å². The molecule has 0 fully saturated rings. The quantitative estimate of drug-likeness (QED) is 0.341. The number of aryl methyl sites for hydroxylation is 1. The van der Waals surface area contributed by atoms with Crippen molar-refractivity contribution in [3.63, 3.8) is 0 Å². The number of rotatable bonds is 4. The molecule has 0 saturated carbocycles. The van der Waals surface area contributed by atoms with Crippen LogP contribution in [0.5, 0.6) is 5.75 Å². The zero-order chi connectivity index (χ0) is 29.9. The maximum Gasteiger partial charge on any atom is 0.573 e. The first-order valence-electron chi connectivity index (χ1n) is 12.8. The lowest BCUT2D eigenvalue weighted by Crippen LogP contribution is -2.49. The van der Waals surface area contributed by atoms with E-state index in [1.54, 1.807) is 57.5 Å². The lowest BCUT2D eigenvalue weighted by Gasteiger charge is -2.35. The zero-order valence-corrected chi connectivity index (χ0v) is 23.0. The fourth-order valence-corrected chi connectivity index (χ4v) is 4.87. The van der Waals surface area contributed by atoms with Crippen LogP contribution in [0.2, 0.25) is 0 Å². The van der Waals surface area contributed by atoms with E-state index in [2.05, 4.69) is 9.72 Å². The van der Waals surface area contributed by atoms with Crippen molar-refractivity contribution >= 4 is 22.9 Å². The van der Waals surface area contributed by atoms with Gasteiger partial charge in [0.15, 0.2) is 0 Å². The van der Waals surface area contributed by atoms with Crippen molar-refractivity contribution in [2.24, 2.45) is 0 Å². The fraction of sp³-hybridized carbons (Fsp3) is 0.357. The molecule has 216 valence electrons. The second-order valence-corrected chi connectivity index (χ2v) is 11.0. The number of hydrogen-bond donors (Lipinski definition) is 0. The van der Waals surface area contributed by atoms with Gasteiger partial charge in [0.25, 0.3) is 11.5 Å². The van der Waals surface area contributed by atoms with Crippen molar-refractivity contribution < 1.29 is 32.2 Å². The number of imidazole rings is 1. The molecule has 1 aliphatic rings. The van der Waals surface area contributed by atoms with E-state index in [1.807, 2.05) is 0 Å². The van der Waals surface area contributed by atoms with Crippen LogP contribution < -0.4 is 10.3 Å². The summed E-state index contributed by atoms with van der Waals surface area (Å²) in [5, 5.41) is 0.284. The van der Waals surface area contributed by atoms with E-state index in [4.69, 9.17) is 4.74 Å². The van der Waals surface area contributed by atoms with Gasteiger partial charge >= 0.3 is 12.5 Å². The van der Waals surface area contributed by atoms with Crippen LogP contribution >= 0.6 is 0 Å². The molecule has 3 aromatic heterocycles. The molecule has 1 unspecified atom stereocenters. The molecule has 0 radical (unpaired) electrons. The number of nitrogens with zero attached hydrogens (tertiary/aromatic N) is 5. The molecule has 4 aromatic rings. The minimum absolute atomic E-state index is 0.0432. The summed E-state index contributed by atoms with van der Waals surface area (Å²) >= 11 is 0. The lowest BCUT2D eigenvalue weighted by molar-refractivity contribution is -0.274. The standard InChI is InChI=1S/C28H28F3N5O5/c1-16-11-33(15-32-16)22-8-9-23-25(38)34(17(2)12-35(23)24(22)37)13-18-14-36(26(39)41-27(3,4)5)21-7-6-19(10-20(18)21)40-28(29,30)31/h6-11,14-15,17H,12-13H2,1-5H3. The number of ether oxygens (including phenoxy) is 2. The molecule has 41 heavy (non-hydrogen) atoms. The van der Waals surface area contributed by atoms with Crippen molar-refractivity contribution in [2.75, 3.05) is 0 Å². The van der Waals surface area contributed by atoms with Gasteiger partial charge in [0.05, 0.1) is 17.5 Å². The van der Waals surface area contributed by atoms with Gasteiger partial charge in [-0.2, -0.15) is 0 Å². The number of hydrogen-bond acceptors (Lipinski definition) is 6. The van der Waals surface area contributed by atoms with Crippen molar-refractivity contribution in [1.82, 2.24) is 23.6 Å². The second kappa shape index (κ2) is 9.82. The Kier molecular flexibility index (Phi) is 6.71. The van der Waals surface area contributed by atoms with Gasteiger partial charge in [-0.1, -0.05) is 0 Å². The Bertz CT molecular complexity index is 1730. The number of aromatic nitrogens is 4. The zero-order valence-electron chi connectivity index (χ0n) is 23.0. The molecule has 1 aliphatic heterocycles. The van der Waals surface area contributed by atoms with Gasteiger partial charge in [-0.3, -0.25) is 14.2 Å². The average molecular weight is 572 g/mol. The Morgan fingerprint density at radius 2 is 1.83 bits per heavy atom. The first-order chi connectivity index (χ1) is 19.1. The molecule has 0 saturated heterocycles. The summed E-state index contributed by atoms with van der Waals surface area (Å²) in [7, 11) is 0. The number of alkyl halides is 3. The number of carbonyl (C=O) groups is 2. The number of pyridine rings is 1. The van der Waals surface area contributed by atoms with Crippen LogP contribution in [0, 0.1) is 6.92 Å². The van der Waals surface area contributed by atoms with Gasteiger partial charge in [0, 0.05) is 36.9 Å². The molecule has 1 atom stereocenters. The summed E-state index contributed by atoms with van der Waals surface area (Å²) in [4.78, 5) is 45.6. The number of amides is 1. The van der Waals surface area contributed by atoms with E-state index in [0.29, 0.717) is 11.3 Å². The molecular weight excluding hydrogens is 543 g/mol. The predicted octanol–water partition coefficient (Wildman–Crippen LogP) is 5.02. The van der Waals surface area contributed by atoms with E-state index >= 15 is 0 Å². The number of carbonyl (C=O) groups excluding carboxylic acids is 2. The van der Waals surface area contributed by atoms with E-state index in [0.717, 1.165) is 11.8 Å². The second-order valence-electron chi connectivity index (χ2n) is 11.0. The molecule has 0 spiro atoms. The minimum Gasteiger partial charge on any atom is -0.443 e. The molecule has 0 aliphatic carbocycles. The van der Waals surface area contributed by atoms with Gasteiger partial charge in [0.2, 0.25) is 0 Å². The third kappa shape index (κ3) is 5.56. The number of fused-ring (bicyclic) bond motifs is 2. The van der Waals surface area contributed by atoms with E-state index in [9.17, 15) is 27.6 Å². The molecule has 4 heterocycles. The van der Waals surface area contributed by atoms with Crippen LogP contribution in [0.15, 0.2) is 53.8 Å². The van der Waals surface area contributed by atoms with Crippen molar-refractivity contribution in [1.29, 1.82) is 0 Å². The van der Waals surface area contributed by atoms with Crippen LogP contribution in [0.3, 0.4) is 0 Å². The molecule has 0 N–H and O–H groups in total. The first-order valence-corrected chi connectivity index (χ1v) is 12.8. The smallest absolute Gasteiger partial charge is 0.443 e. The summed E-state index contributed by atoms with van der Waals surface area (Å²) in [5.41, 5.74) is 0.770. The molecule has 0 bridgehead atoms. The summed E-state index contributed by atoms with van der Waals surface area (Å²) in [6.07, 6.45) is -0.958. The number of halogens is 3. The van der Waals surface area contributed by atoms with Crippen molar-refractivity contribution in [3.8, 4) is 11.4 Å². The minimum atomic E-state index is -4.91. The molecule has 10 nitrogen and oxygen atoms in total. The summed E-state index contributed by atoms with van der Waals surface area (Å²) in [5.74, 6) is -0.902. The number of benzene rings is 1. The van der Waals surface area contributed by atoms with Gasteiger partial charge < -0.3 is 23.5 Å². The van der Waals surface area contributed by atoms with Crippen molar-refractivity contribution in [2.45, 2.75) is 65.7 Å². The molecular formula is C28H28F3N5O5. The highest BCUT2D eigenvalue weighted by Gasteiger charge is 2.34. The first kappa shape index (κ1) is 28.0. The summed E-state index contributed by atoms with van der Waals surface area (Å²) in [6.45, 7) is 8.80. The Hall–Kier alpha value is -4.55. The Labute approximate surface area is 232 Å². The van der Waals surface area contributed by atoms with Gasteiger partial charge in [0.1, 0.15) is 22.7 Å². The fourth-order valence-electron chi connectivity index (χ4n) is 4.87. The van der Waals surface area contributed by atoms with Gasteiger partial charge in [-0.05, 0) is 70.5 Å². The maximum absolute atomic E-state index is 13.6. The van der Waals surface area contributed by atoms with E-state index in [-0.39, 0.29) is 35.2 Å². The van der Waals surface area contributed by atoms with E-state index < -0.39 is 35.8 Å². The molecule has 5 rings (SSSR count). The highest BCUT2D eigenvalue weighted by atomic mass is 19.4. The maximum atomic E-state index is 13.6. The summed E-state index contributed by atoms with van der Waals surface area (Å²) in [6, 6.07) is 6.28. The monoisotopic (exact) mass is 571 g/mol. The average Bonchev–Trinajstić information content (AvgIpc) is 3.44. The van der Waals surface area contributed by atoms with Gasteiger partial charge in [-0.15, -0.1) is 13.2 Å². The highest BCUT2D eigenvalue weighted by Crippen LogP contribution is 2.32. The van der Waals surface area contributed by atoms with Crippen LogP contribution in [0.25, 0.3) is 16.6 Å². The van der Waals surface area contributed by atoms with Crippen LogP contribution in [-0.2, 0) is 17.8 Å². The molecule has 1 aromatic carbocycles. The Balaban J connectivity index is 1.53. The molecule has 13 heteroatoms. The summed E-state index contributed by atoms with van der Waals surface area (Å²) < 4.78 is 52.7. The van der Waals surface area contributed by atoms with Crippen LogP contribution in [0.4, 0.5) is 18.0 Å². The van der Waals surface area contributed by atoms with Crippen LogP contribution in [-0.4, -0.2) is 53.6 Å². The third-order valence-corrected chi connectivity index (χ3v) is 6.63. The normalized spacial score (nSPS) is 15.8. The van der Waals surface area contributed by atoms with Gasteiger partial charge in [-0.25, -0.2) is 9.78 Å². The highest BCUT2D eigenvalue weighted by molar-refractivity contribution is 5.95. The predicted molar refractivity (Wildman–Crippen MR) is 142 cm³/mol. The lowest BCUT2D eigenvalue weighted by atomic mass is 10.1. The Morgan fingerprint density at radius 1 is 1.10 bits per heavy atom. The Morgan fingerprint density at radius 3 is 2.46 bits per heavy atom. The van der Waals surface area contributed by atoms with Crippen molar-refractivity contribution in [3.05, 3.63) is 76.4 Å². The molecule has 1 amide bonds. The third-order valence-electron chi connectivity index (χ3n) is 6.63.